The first-order valence-electron chi connectivity index (χ1n) is 15.3. The maximum Gasteiger partial charge on any atom is 0.402 e. The molecule has 0 bridgehead atoms. The Hall–Kier alpha value is -2.30. The second-order valence-corrected chi connectivity index (χ2v) is 24.0. The highest BCUT2D eigenvalue weighted by Crippen LogP contribution is 2.49. The minimum atomic E-state index is -3.48. The van der Waals surface area contributed by atoms with Crippen molar-refractivity contribution in [3.05, 3.63) is 60.4 Å². The Morgan fingerprint density at radius 3 is 2.02 bits per heavy atom. The van der Waals surface area contributed by atoms with E-state index in [9.17, 15) is 14.7 Å². The van der Waals surface area contributed by atoms with Gasteiger partial charge < -0.3 is 18.7 Å². The molecular formula is C34H53FO6Si2. The highest BCUT2D eigenvalue weighted by molar-refractivity contribution is 6.75. The fourth-order valence-corrected chi connectivity index (χ4v) is 7.10. The number of alkyl halides is 1. The molecule has 6 nitrogen and oxygen atoms in total. The van der Waals surface area contributed by atoms with Crippen molar-refractivity contribution in [2.45, 2.75) is 122 Å². The molecule has 43 heavy (non-hydrogen) atoms. The van der Waals surface area contributed by atoms with Gasteiger partial charge in [-0.05, 0) is 79.7 Å². The summed E-state index contributed by atoms with van der Waals surface area (Å²) in [5, 5.41) is 9.72. The average molecular weight is 633 g/mol. The molecule has 1 aromatic rings. The monoisotopic (exact) mass is 632 g/mol. The molecule has 1 aliphatic rings. The molecule has 240 valence electrons. The van der Waals surface area contributed by atoms with Crippen LogP contribution in [-0.4, -0.2) is 45.1 Å². The van der Waals surface area contributed by atoms with E-state index >= 15 is 4.39 Å². The number of hydrogen-bond acceptors (Lipinski definition) is 5. The summed E-state index contributed by atoms with van der Waals surface area (Å²) in [4.78, 5) is 25.7. The van der Waals surface area contributed by atoms with E-state index in [1.54, 1.807) is 24.3 Å². The molecule has 9 heteroatoms. The van der Waals surface area contributed by atoms with E-state index in [0.29, 0.717) is 12.8 Å². The highest BCUT2D eigenvalue weighted by atomic mass is 28.4. The number of carboxylic acid groups (broad SMARTS) is 1. The number of para-hydroxylation sites is 1. The number of ketones is 1. The second-order valence-electron chi connectivity index (χ2n) is 14.6. The Kier molecular flexibility index (Phi) is 11.8. The number of Topliss-reactive ketones (excluding diaryl/α,β-unsaturated/α-hetero) is 1. The molecule has 1 fully saturated rings. The number of hydrogen-bond donors (Lipinski definition) is 1. The van der Waals surface area contributed by atoms with Crippen LogP contribution in [0.5, 0.6) is 5.75 Å². The maximum atomic E-state index is 17.6. The lowest BCUT2D eigenvalue weighted by Gasteiger charge is -2.51. The van der Waals surface area contributed by atoms with Crippen LogP contribution in [0.4, 0.5) is 4.39 Å². The van der Waals surface area contributed by atoms with Crippen LogP contribution in [0, 0.1) is 11.8 Å². The number of allylic oxidation sites excluding steroid dienone is 2. The van der Waals surface area contributed by atoms with Gasteiger partial charge in [-0.2, -0.15) is 4.39 Å². The number of rotatable bonds is 13. The molecule has 3 atom stereocenters. The number of halogens is 1. The Labute approximate surface area is 260 Å². The van der Waals surface area contributed by atoms with Gasteiger partial charge in [0, 0.05) is 18.4 Å². The van der Waals surface area contributed by atoms with E-state index in [-0.39, 0.29) is 23.4 Å². The van der Waals surface area contributed by atoms with Gasteiger partial charge in [-0.15, -0.1) is 5.73 Å². The topological polar surface area (TPSA) is 82.1 Å². The van der Waals surface area contributed by atoms with Crippen molar-refractivity contribution >= 4 is 28.4 Å². The number of carbonyl (C=O) groups excluding carboxylic acids is 1. The summed E-state index contributed by atoms with van der Waals surface area (Å²) in [5.74, 6) is -7.72. The standard InChI is InChI=1S/C34H53FO6Si2/c1-12-13-19-26-23-24-29(36)28(26)22-17-18-25-33(40-42(8,9)31(2,3)4,41-43(10,11)32(5,6)7)34(35,30(37)38)39-27-20-15-14-16-21-27/h13-17,19-21,25-26,28H,12,22-24H2,1-11H3,(H,37,38)/b19-13+/t18?,26-,28+,34?/m0/s1/i40+0,41+0. The van der Waals surface area contributed by atoms with Gasteiger partial charge in [0.15, 0.2) is 16.6 Å². The van der Waals surface area contributed by atoms with E-state index in [1.807, 2.05) is 67.7 Å². The smallest absolute Gasteiger partial charge is 0.402 e. The third-order valence-corrected chi connectivity index (χ3v) is 18.0. The minimum absolute atomic E-state index is 0.0222. The summed E-state index contributed by atoms with van der Waals surface area (Å²) < 4.78 is 36.8. The van der Waals surface area contributed by atoms with Crippen LogP contribution in [0.15, 0.2) is 60.4 Å². The van der Waals surface area contributed by atoms with Gasteiger partial charge in [0.25, 0.3) is 5.79 Å². The Balaban J connectivity index is 2.82. The number of ether oxygens (including phenoxy) is 1. The second kappa shape index (κ2) is 13.8. The van der Waals surface area contributed by atoms with E-state index in [4.69, 9.17) is 13.6 Å². The third-order valence-electron chi connectivity index (χ3n) is 9.19. The van der Waals surface area contributed by atoms with Crippen LogP contribution in [-0.2, 0) is 18.4 Å². The SMILES string of the molecule is CC/C=C/[C@H]1CCC(=O)[C@@H]1CC=C=CC([16O][Si](C)(C)C(C)(C)C)([16O][Si](C)(C)C(C)(C)C)C(F)(Oc1ccccc1)C(=O)O. The molecule has 1 aliphatic carbocycles. The summed E-state index contributed by atoms with van der Waals surface area (Å²) in [7, 11) is -5.86. The normalized spacial score (nSPS) is 20.0. The van der Waals surface area contributed by atoms with E-state index in [2.05, 4.69) is 24.8 Å². The molecule has 2 rings (SSSR count). The number of carbonyl (C=O) groups is 2. The van der Waals surface area contributed by atoms with E-state index in [1.165, 1.54) is 18.2 Å². The molecule has 0 heterocycles. The Bertz CT molecular complexity index is 1180. The Morgan fingerprint density at radius 2 is 1.56 bits per heavy atom. The molecular weight excluding hydrogens is 580 g/mol. The highest BCUT2D eigenvalue weighted by Gasteiger charge is 2.67. The fourth-order valence-electron chi connectivity index (χ4n) is 4.43. The van der Waals surface area contributed by atoms with Crippen LogP contribution >= 0.6 is 0 Å². The fraction of sp³-hybridized carbons (Fsp3) is 0.618. The van der Waals surface area contributed by atoms with Crippen molar-refractivity contribution in [3.63, 3.8) is 0 Å². The van der Waals surface area contributed by atoms with E-state index < -0.39 is 44.3 Å². The lowest BCUT2D eigenvalue weighted by atomic mass is 9.91. The molecule has 1 saturated carbocycles. The first kappa shape index (κ1) is 36.9. The lowest BCUT2D eigenvalue weighted by Crippen LogP contribution is -2.69. The summed E-state index contributed by atoms with van der Waals surface area (Å²) in [6, 6.07) is 8.00. The summed E-state index contributed by atoms with van der Waals surface area (Å²) >= 11 is 0. The van der Waals surface area contributed by atoms with Gasteiger partial charge in [0.1, 0.15) is 11.5 Å². The van der Waals surface area contributed by atoms with Crippen LogP contribution in [0.25, 0.3) is 0 Å². The van der Waals surface area contributed by atoms with E-state index in [0.717, 1.165) is 12.8 Å². The average Bonchev–Trinajstić information content (AvgIpc) is 3.22. The molecule has 0 aromatic heterocycles. The number of aliphatic carboxylic acids is 1. The number of carboxylic acids is 1. The first-order valence-corrected chi connectivity index (χ1v) is 21.1. The Morgan fingerprint density at radius 1 is 1.02 bits per heavy atom. The van der Waals surface area contributed by atoms with Gasteiger partial charge in [0.05, 0.1) is 0 Å². The number of benzene rings is 1. The third kappa shape index (κ3) is 8.67. The van der Waals surface area contributed by atoms with Crippen molar-refractivity contribution in [1.29, 1.82) is 0 Å². The summed E-state index contributed by atoms with van der Waals surface area (Å²) in [6.45, 7) is 21.7. The van der Waals surface area contributed by atoms with Crippen LogP contribution in [0.1, 0.15) is 74.1 Å². The molecule has 1 unspecified atom stereocenters. The van der Waals surface area contributed by atoms with Crippen molar-refractivity contribution in [1.82, 2.24) is 0 Å². The maximum absolute atomic E-state index is 17.6. The molecule has 0 amide bonds. The predicted molar refractivity (Wildman–Crippen MR) is 176 cm³/mol. The molecule has 0 saturated heterocycles. The van der Waals surface area contributed by atoms with Crippen molar-refractivity contribution in [2.75, 3.05) is 0 Å². The lowest BCUT2D eigenvalue weighted by molar-refractivity contribution is -0.266. The van der Waals surface area contributed by atoms with Gasteiger partial charge >= 0.3 is 11.8 Å². The zero-order valence-corrected chi connectivity index (χ0v) is 30.0. The summed E-state index contributed by atoms with van der Waals surface area (Å²) in [6.07, 6.45) is 9.69. The van der Waals surface area contributed by atoms with Crippen LogP contribution < -0.4 is 4.74 Å². The molecule has 0 spiro atoms. The largest absolute Gasteiger partial charge is 0.476 e. The first-order chi connectivity index (χ1) is 19.6. The molecule has 0 radical (unpaired) electrons. The molecule has 1 N–H and O–H groups in total. The zero-order valence-electron chi connectivity index (χ0n) is 28.0. The van der Waals surface area contributed by atoms with Crippen molar-refractivity contribution in [3.8, 4) is 5.75 Å². The van der Waals surface area contributed by atoms with Gasteiger partial charge in [-0.25, -0.2) is 4.79 Å². The minimum Gasteiger partial charge on any atom is -0.476 e. The van der Waals surface area contributed by atoms with Crippen LogP contribution in [0.3, 0.4) is 0 Å². The van der Waals surface area contributed by atoms with Gasteiger partial charge in [-0.3, -0.25) is 4.79 Å². The molecule has 1 aromatic carbocycles. The van der Waals surface area contributed by atoms with Gasteiger partial charge in [-0.1, -0.05) is 78.8 Å². The van der Waals surface area contributed by atoms with Crippen LogP contribution in [0.2, 0.25) is 36.3 Å². The van der Waals surface area contributed by atoms with Crippen molar-refractivity contribution < 1.29 is 32.7 Å². The van der Waals surface area contributed by atoms with Gasteiger partial charge in [0.2, 0.25) is 0 Å². The van der Waals surface area contributed by atoms with Crippen molar-refractivity contribution in [2.24, 2.45) is 11.8 Å². The quantitative estimate of drug-likeness (QED) is 0.101. The summed E-state index contributed by atoms with van der Waals surface area (Å²) in [5.41, 5.74) is 3.03. The zero-order chi connectivity index (χ0) is 32.9. The predicted octanol–water partition coefficient (Wildman–Crippen LogP) is 9.22. The molecule has 0 aliphatic heterocycles.